The van der Waals surface area contributed by atoms with Crippen molar-refractivity contribution in [2.24, 2.45) is 5.92 Å². The summed E-state index contributed by atoms with van der Waals surface area (Å²) in [5, 5.41) is 6.85. The first kappa shape index (κ1) is 30.5. The number of aromatic nitrogens is 1. The van der Waals surface area contributed by atoms with Crippen LogP contribution in [0.1, 0.15) is 57.6 Å². The number of nitrogens with one attached hydrogen (secondary N) is 2. The minimum absolute atomic E-state index is 0.588. The average molecular weight is 535 g/mol. The topological polar surface area (TPSA) is 40.2 Å². The lowest BCUT2D eigenvalue weighted by Crippen LogP contribution is -2.18. The lowest BCUT2D eigenvalue weighted by Gasteiger charge is -2.20. The van der Waals surface area contributed by atoms with Gasteiger partial charge in [0.1, 0.15) is 0 Å². The summed E-state index contributed by atoms with van der Waals surface area (Å²) in [5.74, 6) is 0.588. The van der Waals surface area contributed by atoms with Crippen LogP contribution in [-0.4, -0.2) is 23.0 Å². The summed E-state index contributed by atoms with van der Waals surface area (Å²) in [5.41, 5.74) is 10.8. The van der Waals surface area contributed by atoms with E-state index in [1.165, 1.54) is 25.7 Å². The van der Waals surface area contributed by atoms with E-state index in [9.17, 15) is 0 Å². The summed E-state index contributed by atoms with van der Waals surface area (Å²) in [6, 6.07) is 8.53. The molecule has 1 aliphatic carbocycles. The summed E-state index contributed by atoms with van der Waals surface area (Å²) in [6.45, 7) is 31.5. The predicted octanol–water partition coefficient (Wildman–Crippen LogP) is 9.16. The van der Waals surface area contributed by atoms with Crippen molar-refractivity contribution in [3.8, 4) is 11.1 Å². The van der Waals surface area contributed by atoms with Gasteiger partial charge in [0.15, 0.2) is 0 Å². The van der Waals surface area contributed by atoms with Gasteiger partial charge < -0.3 is 15.5 Å². The molecule has 0 bridgehead atoms. The average Bonchev–Trinajstić information content (AvgIpc) is 3.69. The molecular formula is C36H46N4. The van der Waals surface area contributed by atoms with Crippen LogP contribution in [-0.2, 0) is 0 Å². The summed E-state index contributed by atoms with van der Waals surface area (Å²) in [4.78, 5) is 6.76. The molecule has 1 aromatic carbocycles. The van der Waals surface area contributed by atoms with Gasteiger partial charge in [0.2, 0.25) is 0 Å². The number of likely N-dealkylation sites (tertiary alicyclic amines) is 1. The SMILES string of the molecule is C=C(/C=C\C(=C/C)NC(=C)C(=C)c1cc(-c2cncc(NC(=C)C3CC3)c2)ccc1C)C(=C)N1CCCC1.CC. The number of allylic oxidation sites excluding steroid dienone is 5. The molecule has 4 nitrogen and oxygen atoms in total. The van der Waals surface area contributed by atoms with Gasteiger partial charge >= 0.3 is 0 Å². The van der Waals surface area contributed by atoms with Crippen molar-refractivity contribution >= 4 is 11.3 Å². The molecule has 1 aliphatic heterocycles. The molecule has 210 valence electrons. The molecule has 2 heterocycles. The molecule has 40 heavy (non-hydrogen) atoms. The van der Waals surface area contributed by atoms with Gasteiger partial charge in [0.25, 0.3) is 0 Å². The van der Waals surface area contributed by atoms with Crippen LogP contribution >= 0.6 is 0 Å². The van der Waals surface area contributed by atoms with E-state index >= 15 is 0 Å². The molecule has 2 fully saturated rings. The third kappa shape index (κ3) is 7.98. The van der Waals surface area contributed by atoms with Gasteiger partial charge in [-0.25, -0.2) is 0 Å². The third-order valence-electron chi connectivity index (χ3n) is 7.30. The second kappa shape index (κ2) is 14.4. The Kier molecular flexibility index (Phi) is 11.0. The number of benzene rings is 1. The zero-order chi connectivity index (χ0) is 29.2. The van der Waals surface area contributed by atoms with Crippen LogP contribution in [0.4, 0.5) is 5.69 Å². The lowest BCUT2D eigenvalue weighted by atomic mass is 9.95. The molecule has 4 rings (SSSR count). The fraction of sp³-hybridized carbons (Fsp3) is 0.306. The van der Waals surface area contributed by atoms with Crippen LogP contribution in [0.15, 0.2) is 116 Å². The highest BCUT2D eigenvalue weighted by Crippen LogP contribution is 2.36. The Bertz CT molecular complexity index is 1330. The van der Waals surface area contributed by atoms with E-state index in [0.29, 0.717) is 5.92 Å². The molecule has 2 N–H and O–H groups in total. The van der Waals surface area contributed by atoms with E-state index in [1.807, 2.05) is 51.4 Å². The van der Waals surface area contributed by atoms with Crippen molar-refractivity contribution in [1.29, 1.82) is 0 Å². The maximum absolute atomic E-state index is 4.46. The quantitative estimate of drug-likeness (QED) is 0.266. The Morgan fingerprint density at radius 3 is 2.30 bits per heavy atom. The van der Waals surface area contributed by atoms with E-state index in [0.717, 1.165) is 75.0 Å². The highest BCUT2D eigenvalue weighted by Gasteiger charge is 2.24. The maximum Gasteiger partial charge on any atom is 0.0574 e. The highest BCUT2D eigenvalue weighted by molar-refractivity contribution is 5.81. The van der Waals surface area contributed by atoms with Crippen molar-refractivity contribution < 1.29 is 0 Å². The molecule has 1 saturated heterocycles. The Morgan fingerprint density at radius 2 is 1.65 bits per heavy atom. The first-order valence-corrected chi connectivity index (χ1v) is 14.4. The molecule has 2 aliphatic rings. The van der Waals surface area contributed by atoms with Gasteiger partial charge in [0.05, 0.1) is 11.9 Å². The Balaban J connectivity index is 0.00000216. The van der Waals surface area contributed by atoms with E-state index in [2.05, 4.69) is 84.6 Å². The van der Waals surface area contributed by atoms with E-state index in [1.54, 1.807) is 0 Å². The number of hydrogen-bond donors (Lipinski definition) is 2. The number of hydrogen-bond acceptors (Lipinski definition) is 4. The normalized spacial score (nSPS) is 14.8. The van der Waals surface area contributed by atoms with Gasteiger partial charge in [-0.15, -0.1) is 0 Å². The van der Waals surface area contributed by atoms with Crippen LogP contribution in [0.3, 0.4) is 0 Å². The van der Waals surface area contributed by atoms with Gasteiger partial charge in [-0.1, -0.05) is 71.0 Å². The molecular weight excluding hydrogens is 488 g/mol. The largest absolute Gasteiger partial charge is 0.372 e. The zero-order valence-corrected chi connectivity index (χ0v) is 24.9. The molecule has 4 heteroatoms. The molecule has 0 unspecified atom stereocenters. The molecule has 1 saturated carbocycles. The van der Waals surface area contributed by atoms with Crippen molar-refractivity contribution in [3.63, 3.8) is 0 Å². The van der Waals surface area contributed by atoms with Gasteiger partial charge in [0, 0.05) is 47.6 Å². The van der Waals surface area contributed by atoms with Crippen molar-refractivity contribution in [2.45, 2.75) is 53.4 Å². The van der Waals surface area contributed by atoms with Crippen LogP contribution in [0.5, 0.6) is 0 Å². The minimum atomic E-state index is 0.588. The Labute approximate surface area is 242 Å². The van der Waals surface area contributed by atoms with Crippen molar-refractivity contribution in [3.05, 3.63) is 127 Å². The second-order valence-corrected chi connectivity index (χ2v) is 10.2. The third-order valence-corrected chi connectivity index (χ3v) is 7.30. The minimum Gasteiger partial charge on any atom is -0.372 e. The molecule has 0 spiro atoms. The van der Waals surface area contributed by atoms with Crippen LogP contribution < -0.4 is 10.6 Å². The Hall–Kier alpha value is -4.05. The molecule has 1 aromatic heterocycles. The van der Waals surface area contributed by atoms with Crippen LogP contribution in [0.2, 0.25) is 0 Å². The number of pyridine rings is 1. The highest BCUT2D eigenvalue weighted by atomic mass is 15.1. The zero-order valence-electron chi connectivity index (χ0n) is 24.9. The lowest BCUT2D eigenvalue weighted by molar-refractivity contribution is 0.438. The van der Waals surface area contributed by atoms with Gasteiger partial charge in [-0.05, 0) is 91.5 Å². The second-order valence-electron chi connectivity index (χ2n) is 10.2. The number of rotatable bonds is 12. The first-order chi connectivity index (χ1) is 19.3. The van der Waals surface area contributed by atoms with E-state index < -0.39 is 0 Å². The molecule has 0 atom stereocenters. The summed E-state index contributed by atoms with van der Waals surface area (Å²) in [7, 11) is 0. The van der Waals surface area contributed by atoms with Crippen LogP contribution in [0, 0.1) is 12.8 Å². The van der Waals surface area contributed by atoms with Gasteiger partial charge in [-0.3, -0.25) is 4.98 Å². The summed E-state index contributed by atoms with van der Waals surface area (Å²) in [6.07, 6.45) is 14.6. The summed E-state index contributed by atoms with van der Waals surface area (Å²) < 4.78 is 0. The number of anilines is 1. The molecule has 0 radical (unpaired) electrons. The smallest absolute Gasteiger partial charge is 0.0574 e. The van der Waals surface area contributed by atoms with Crippen LogP contribution in [0.25, 0.3) is 16.7 Å². The molecule has 2 aromatic rings. The number of nitrogens with zero attached hydrogens (tertiary/aromatic N) is 2. The monoisotopic (exact) mass is 534 g/mol. The first-order valence-electron chi connectivity index (χ1n) is 14.4. The number of aryl methyl sites for hydroxylation is 1. The standard InChI is InChI=1S/C34H40N4.C2H6/c1-8-32(16-12-23(2)28(7)38-17-9-10-18-38)36-26(5)25(4)34-20-30(13-11-24(34)3)31-19-33(22-35-21-31)37-27(6)29-14-15-29;1-2/h8,11-13,16,19-22,29,36-37H,2,4-7,9-10,14-15,17-18H2,1,3H3;1-2H3/b16-12-,32-8+;. The Morgan fingerprint density at radius 1 is 0.950 bits per heavy atom. The molecule has 0 amide bonds. The van der Waals surface area contributed by atoms with Crippen molar-refractivity contribution in [1.82, 2.24) is 15.2 Å². The van der Waals surface area contributed by atoms with Crippen molar-refractivity contribution in [2.75, 3.05) is 18.4 Å². The van der Waals surface area contributed by atoms with E-state index in [-0.39, 0.29) is 0 Å². The fourth-order valence-corrected chi connectivity index (χ4v) is 4.61. The maximum atomic E-state index is 4.46. The fourth-order valence-electron chi connectivity index (χ4n) is 4.61. The van der Waals surface area contributed by atoms with Gasteiger partial charge in [-0.2, -0.15) is 0 Å². The summed E-state index contributed by atoms with van der Waals surface area (Å²) >= 11 is 0. The predicted molar refractivity (Wildman–Crippen MR) is 175 cm³/mol. The van der Waals surface area contributed by atoms with E-state index in [4.69, 9.17) is 0 Å².